The third kappa shape index (κ3) is 4.05. The highest BCUT2D eigenvalue weighted by atomic mass is 16.5. The largest absolute Gasteiger partial charge is 0.482 e. The van der Waals surface area contributed by atoms with E-state index >= 15 is 0 Å². The maximum absolute atomic E-state index is 12.4. The lowest BCUT2D eigenvalue weighted by atomic mass is 9.98. The molecule has 0 bridgehead atoms. The first-order valence-corrected chi connectivity index (χ1v) is 8.17. The average Bonchev–Trinajstić information content (AvgIpc) is 2.66. The molecule has 0 saturated carbocycles. The van der Waals surface area contributed by atoms with Crippen LogP contribution in [0.5, 0.6) is 5.75 Å². The molecule has 0 aliphatic rings. The summed E-state index contributed by atoms with van der Waals surface area (Å²) in [4.78, 5) is 25.8. The van der Waals surface area contributed by atoms with Gasteiger partial charge >= 0.3 is 5.97 Å². The number of hydrogen-bond donors (Lipinski definition) is 2. The van der Waals surface area contributed by atoms with Gasteiger partial charge < -0.3 is 14.8 Å². The highest BCUT2D eigenvalue weighted by molar-refractivity contribution is 5.76. The van der Waals surface area contributed by atoms with Crippen LogP contribution in [0.1, 0.15) is 11.1 Å². The number of ether oxygens (including phenoxy) is 1. The summed E-state index contributed by atoms with van der Waals surface area (Å²) in [6, 6.07) is 18.0. The van der Waals surface area contributed by atoms with Crippen molar-refractivity contribution < 1.29 is 14.6 Å². The number of carbonyl (C=O) groups is 1. The summed E-state index contributed by atoms with van der Waals surface area (Å²) in [6.07, 6.45) is 0. The summed E-state index contributed by atoms with van der Waals surface area (Å²) >= 11 is 0. The van der Waals surface area contributed by atoms with Gasteiger partial charge in [-0.3, -0.25) is 4.79 Å². The Balaban J connectivity index is 2.10. The number of H-pyrrole nitrogens is 1. The standard InChI is InChI=1S/C21H16N2O4/c1-13-5-7-14(8-6-13)19-10-17(18(11-22)21(26)23-19)15-3-2-4-16(9-15)27-12-20(24)25/h2-10H,12H2,1H3,(H,23,26)(H,24,25). The molecule has 0 aliphatic heterocycles. The Morgan fingerprint density at radius 3 is 2.56 bits per heavy atom. The number of rotatable bonds is 5. The number of hydrogen-bond acceptors (Lipinski definition) is 4. The number of nitrogens with zero attached hydrogens (tertiary/aromatic N) is 1. The molecule has 0 amide bonds. The second-order valence-electron chi connectivity index (χ2n) is 5.99. The van der Waals surface area contributed by atoms with E-state index in [-0.39, 0.29) is 5.56 Å². The van der Waals surface area contributed by atoms with Crippen molar-refractivity contribution in [1.82, 2.24) is 4.98 Å². The molecule has 6 nitrogen and oxygen atoms in total. The van der Waals surface area contributed by atoms with Gasteiger partial charge in [0.05, 0.1) is 0 Å². The quantitative estimate of drug-likeness (QED) is 0.726. The molecule has 2 aromatic carbocycles. The van der Waals surface area contributed by atoms with Gasteiger partial charge in [-0.05, 0) is 36.2 Å². The fraction of sp³-hybridized carbons (Fsp3) is 0.0952. The van der Waals surface area contributed by atoms with Crippen LogP contribution >= 0.6 is 0 Å². The van der Waals surface area contributed by atoms with Crippen LogP contribution in [0.25, 0.3) is 22.4 Å². The molecule has 0 fully saturated rings. The highest BCUT2D eigenvalue weighted by Gasteiger charge is 2.13. The van der Waals surface area contributed by atoms with E-state index in [9.17, 15) is 14.9 Å². The number of nitrogens with one attached hydrogen (secondary N) is 1. The monoisotopic (exact) mass is 360 g/mol. The van der Waals surface area contributed by atoms with Gasteiger partial charge in [-0.15, -0.1) is 0 Å². The van der Waals surface area contributed by atoms with Crippen LogP contribution < -0.4 is 10.3 Å². The van der Waals surface area contributed by atoms with Gasteiger partial charge in [-0.25, -0.2) is 4.79 Å². The number of benzene rings is 2. The number of pyridine rings is 1. The van der Waals surface area contributed by atoms with Crippen molar-refractivity contribution in [2.24, 2.45) is 0 Å². The number of nitriles is 1. The maximum atomic E-state index is 12.4. The number of aliphatic carboxylic acids is 1. The summed E-state index contributed by atoms with van der Waals surface area (Å²) in [5.41, 5.74) is 3.06. The van der Waals surface area contributed by atoms with E-state index in [0.29, 0.717) is 22.6 Å². The van der Waals surface area contributed by atoms with Gasteiger partial charge in [0.25, 0.3) is 5.56 Å². The maximum Gasteiger partial charge on any atom is 0.341 e. The van der Waals surface area contributed by atoms with Crippen molar-refractivity contribution in [3.8, 4) is 34.2 Å². The smallest absolute Gasteiger partial charge is 0.341 e. The number of carboxylic acids is 1. The van der Waals surface area contributed by atoms with E-state index in [2.05, 4.69) is 4.98 Å². The first-order chi connectivity index (χ1) is 13.0. The zero-order valence-electron chi connectivity index (χ0n) is 14.5. The van der Waals surface area contributed by atoms with Crippen LogP contribution in [0.2, 0.25) is 0 Å². The molecular formula is C21H16N2O4. The minimum Gasteiger partial charge on any atom is -0.482 e. The Morgan fingerprint density at radius 2 is 1.89 bits per heavy atom. The van der Waals surface area contributed by atoms with Gasteiger partial charge in [-0.2, -0.15) is 5.26 Å². The zero-order chi connectivity index (χ0) is 19.4. The van der Waals surface area contributed by atoms with Gasteiger partial charge in [-0.1, -0.05) is 42.0 Å². The lowest BCUT2D eigenvalue weighted by Gasteiger charge is -2.10. The summed E-state index contributed by atoms with van der Waals surface area (Å²) in [6.45, 7) is 1.50. The van der Waals surface area contributed by atoms with Crippen molar-refractivity contribution >= 4 is 5.97 Å². The van der Waals surface area contributed by atoms with Gasteiger partial charge in [0.2, 0.25) is 0 Å². The SMILES string of the molecule is Cc1ccc(-c2cc(-c3cccc(OCC(=O)O)c3)c(C#N)c(=O)[nH]2)cc1. The lowest BCUT2D eigenvalue weighted by Crippen LogP contribution is -2.13. The third-order valence-electron chi connectivity index (χ3n) is 4.01. The first kappa shape index (κ1) is 18.0. The normalized spacial score (nSPS) is 10.2. The van der Waals surface area contributed by atoms with Crippen molar-refractivity contribution in [2.45, 2.75) is 6.92 Å². The molecule has 0 unspecified atom stereocenters. The minimum atomic E-state index is -1.09. The van der Waals surface area contributed by atoms with Gasteiger partial charge in [0.1, 0.15) is 17.4 Å². The second kappa shape index (κ2) is 7.58. The topological polar surface area (TPSA) is 103 Å². The van der Waals surface area contributed by atoms with E-state index in [1.165, 1.54) is 0 Å². The van der Waals surface area contributed by atoms with E-state index < -0.39 is 18.1 Å². The molecule has 0 atom stereocenters. The van der Waals surface area contributed by atoms with Crippen molar-refractivity contribution in [3.05, 3.63) is 76.1 Å². The molecule has 3 rings (SSSR count). The van der Waals surface area contributed by atoms with Crippen LogP contribution in [0, 0.1) is 18.3 Å². The number of aromatic amines is 1. The average molecular weight is 360 g/mol. The summed E-state index contributed by atoms with van der Waals surface area (Å²) < 4.78 is 5.19. The molecule has 27 heavy (non-hydrogen) atoms. The van der Waals surface area contributed by atoms with Crippen LogP contribution in [0.4, 0.5) is 0 Å². The third-order valence-corrected chi connectivity index (χ3v) is 4.01. The van der Waals surface area contributed by atoms with E-state index in [4.69, 9.17) is 9.84 Å². The van der Waals surface area contributed by atoms with Crippen molar-refractivity contribution in [2.75, 3.05) is 6.61 Å². The number of aryl methyl sites for hydroxylation is 1. The fourth-order valence-corrected chi connectivity index (χ4v) is 2.69. The van der Waals surface area contributed by atoms with Crippen LogP contribution in [-0.4, -0.2) is 22.7 Å². The Hall–Kier alpha value is -3.85. The fourth-order valence-electron chi connectivity index (χ4n) is 2.69. The molecule has 134 valence electrons. The van der Waals surface area contributed by atoms with Gasteiger partial charge in [0, 0.05) is 11.3 Å². The van der Waals surface area contributed by atoms with Crippen LogP contribution in [-0.2, 0) is 4.79 Å². The molecule has 0 spiro atoms. The molecule has 1 heterocycles. The zero-order valence-corrected chi connectivity index (χ0v) is 14.5. The Kier molecular flexibility index (Phi) is 5.04. The Bertz CT molecular complexity index is 1090. The lowest BCUT2D eigenvalue weighted by molar-refractivity contribution is -0.139. The minimum absolute atomic E-state index is 0.0127. The van der Waals surface area contributed by atoms with Gasteiger partial charge in [0.15, 0.2) is 6.61 Å². The first-order valence-electron chi connectivity index (χ1n) is 8.17. The summed E-state index contributed by atoms with van der Waals surface area (Å²) in [5.74, 6) is -0.744. The van der Waals surface area contributed by atoms with Crippen LogP contribution in [0.3, 0.4) is 0 Å². The molecule has 0 aliphatic carbocycles. The van der Waals surface area contributed by atoms with E-state index in [0.717, 1.165) is 11.1 Å². The second-order valence-corrected chi connectivity index (χ2v) is 5.99. The van der Waals surface area contributed by atoms with E-state index in [1.54, 1.807) is 30.3 Å². The predicted octanol–water partition coefficient (Wildman–Crippen LogP) is 3.35. The number of aromatic nitrogens is 1. The molecule has 3 aromatic rings. The predicted molar refractivity (Wildman–Crippen MR) is 101 cm³/mol. The summed E-state index contributed by atoms with van der Waals surface area (Å²) in [5, 5.41) is 18.2. The Labute approximate surface area is 155 Å². The molecule has 1 aromatic heterocycles. The molecular weight excluding hydrogens is 344 g/mol. The molecule has 0 saturated heterocycles. The number of carboxylic acid groups (broad SMARTS) is 1. The molecule has 2 N–H and O–H groups in total. The van der Waals surface area contributed by atoms with Crippen molar-refractivity contribution in [3.63, 3.8) is 0 Å². The van der Waals surface area contributed by atoms with E-state index in [1.807, 2.05) is 37.3 Å². The van der Waals surface area contributed by atoms with Crippen molar-refractivity contribution in [1.29, 1.82) is 5.26 Å². The molecule has 0 radical (unpaired) electrons. The van der Waals surface area contributed by atoms with Crippen LogP contribution in [0.15, 0.2) is 59.4 Å². The summed E-state index contributed by atoms with van der Waals surface area (Å²) in [7, 11) is 0. The highest BCUT2D eigenvalue weighted by Crippen LogP contribution is 2.28. The Morgan fingerprint density at radius 1 is 1.15 bits per heavy atom. The molecule has 6 heteroatoms.